The maximum absolute atomic E-state index is 6.56. The molecule has 1 heterocycles. The quantitative estimate of drug-likeness (QED) is 0.155. The Morgan fingerprint density at radius 2 is 0.938 bits per heavy atom. The van der Waals surface area contributed by atoms with Crippen molar-refractivity contribution in [2.24, 2.45) is 0 Å². The van der Waals surface area contributed by atoms with E-state index in [0.29, 0.717) is 0 Å². The molecule has 0 amide bonds. The Labute approximate surface area is 378 Å². The predicted octanol–water partition coefficient (Wildman–Crippen LogP) is 17.8. The van der Waals surface area contributed by atoms with Crippen molar-refractivity contribution in [3.8, 4) is 44.5 Å². The number of anilines is 3. The Morgan fingerprint density at radius 1 is 0.338 bits per heavy atom. The van der Waals surface area contributed by atoms with Crippen molar-refractivity contribution in [2.75, 3.05) is 4.90 Å². The van der Waals surface area contributed by atoms with Crippen molar-refractivity contribution in [3.05, 3.63) is 236 Å². The molecule has 11 aromatic carbocycles. The van der Waals surface area contributed by atoms with Gasteiger partial charge >= 0.3 is 0 Å². The summed E-state index contributed by atoms with van der Waals surface area (Å²) in [6.07, 6.45) is 0. The Balaban J connectivity index is 1.10. The lowest BCUT2D eigenvalue weighted by atomic mass is 9.82. The van der Waals surface area contributed by atoms with Crippen LogP contribution < -0.4 is 4.90 Å². The molecule has 1 aliphatic carbocycles. The lowest BCUT2D eigenvalue weighted by molar-refractivity contribution is 0.660. The molecule has 306 valence electrons. The molecule has 2 nitrogen and oxygen atoms in total. The molecule has 12 aromatic rings. The summed E-state index contributed by atoms with van der Waals surface area (Å²) in [5.41, 5.74) is 17.2. The summed E-state index contributed by atoms with van der Waals surface area (Å²) in [6.45, 7) is 4.73. The highest BCUT2D eigenvalue weighted by molar-refractivity contribution is 6.17. The van der Waals surface area contributed by atoms with Crippen LogP contribution in [0.15, 0.2) is 229 Å². The second-order valence-corrected chi connectivity index (χ2v) is 18.0. The highest BCUT2D eigenvalue weighted by Gasteiger charge is 2.36. The second-order valence-electron chi connectivity index (χ2n) is 18.0. The fourth-order valence-electron chi connectivity index (χ4n) is 10.9. The van der Waals surface area contributed by atoms with E-state index < -0.39 is 0 Å². The van der Waals surface area contributed by atoms with Crippen molar-refractivity contribution in [3.63, 3.8) is 0 Å². The van der Waals surface area contributed by atoms with Gasteiger partial charge in [-0.1, -0.05) is 184 Å². The van der Waals surface area contributed by atoms with Gasteiger partial charge in [0.2, 0.25) is 0 Å². The van der Waals surface area contributed by atoms with E-state index in [1.807, 2.05) is 6.07 Å². The molecule has 0 radical (unpaired) electrons. The lowest BCUT2D eigenvalue weighted by Gasteiger charge is -2.31. The van der Waals surface area contributed by atoms with Crippen LogP contribution in [0.2, 0.25) is 0 Å². The van der Waals surface area contributed by atoms with Gasteiger partial charge in [-0.2, -0.15) is 0 Å². The Kier molecular flexibility index (Phi) is 8.29. The van der Waals surface area contributed by atoms with E-state index in [4.69, 9.17) is 4.42 Å². The zero-order valence-corrected chi connectivity index (χ0v) is 36.2. The molecular formula is C63H43NO. The molecule has 1 aliphatic rings. The van der Waals surface area contributed by atoms with Crippen LogP contribution in [0.3, 0.4) is 0 Å². The number of hydrogen-bond donors (Lipinski definition) is 0. The van der Waals surface area contributed by atoms with E-state index in [9.17, 15) is 0 Å². The van der Waals surface area contributed by atoms with Gasteiger partial charge in [-0.15, -0.1) is 0 Å². The summed E-state index contributed by atoms with van der Waals surface area (Å²) in [4.78, 5) is 2.49. The summed E-state index contributed by atoms with van der Waals surface area (Å²) < 4.78 is 6.56. The van der Waals surface area contributed by atoms with Crippen LogP contribution in [0.25, 0.3) is 98.8 Å². The third kappa shape index (κ3) is 5.81. The summed E-state index contributed by atoms with van der Waals surface area (Å²) >= 11 is 0. The number of rotatable bonds is 6. The minimum Gasteiger partial charge on any atom is -0.456 e. The Hall–Kier alpha value is -8.20. The third-order valence-corrected chi connectivity index (χ3v) is 14.1. The average molecular weight is 830 g/mol. The monoisotopic (exact) mass is 829 g/mol. The molecule has 0 aliphatic heterocycles. The van der Waals surface area contributed by atoms with Crippen LogP contribution >= 0.6 is 0 Å². The van der Waals surface area contributed by atoms with Crippen molar-refractivity contribution in [1.29, 1.82) is 0 Å². The molecule has 0 N–H and O–H groups in total. The van der Waals surface area contributed by atoms with Crippen molar-refractivity contribution in [1.82, 2.24) is 0 Å². The molecule has 0 atom stereocenters. The van der Waals surface area contributed by atoms with Crippen LogP contribution in [0.5, 0.6) is 0 Å². The van der Waals surface area contributed by atoms with E-state index in [1.54, 1.807) is 0 Å². The summed E-state index contributed by atoms with van der Waals surface area (Å²) in [5.74, 6) is 0. The first kappa shape index (κ1) is 37.4. The van der Waals surface area contributed by atoms with Crippen LogP contribution in [-0.4, -0.2) is 0 Å². The van der Waals surface area contributed by atoms with Gasteiger partial charge in [0.15, 0.2) is 0 Å². The molecule has 1 aromatic heterocycles. The number of hydrogen-bond acceptors (Lipinski definition) is 2. The van der Waals surface area contributed by atoms with Gasteiger partial charge in [0, 0.05) is 33.1 Å². The lowest BCUT2D eigenvalue weighted by Crippen LogP contribution is -2.17. The minimum atomic E-state index is -0.174. The van der Waals surface area contributed by atoms with Crippen molar-refractivity contribution < 1.29 is 4.42 Å². The molecule has 0 fully saturated rings. The van der Waals surface area contributed by atoms with Crippen LogP contribution in [0, 0.1) is 0 Å². The molecule has 0 saturated carbocycles. The van der Waals surface area contributed by atoms with Gasteiger partial charge in [0.05, 0.1) is 5.69 Å². The minimum absolute atomic E-state index is 0.174. The maximum atomic E-state index is 6.56. The Bertz CT molecular complexity index is 3860. The van der Waals surface area contributed by atoms with Crippen LogP contribution in [0.4, 0.5) is 17.1 Å². The molecule has 0 spiro atoms. The Morgan fingerprint density at radius 3 is 1.80 bits per heavy atom. The SMILES string of the molecule is CC1(C)c2ccccc2-c2ccc(N(c3ccc(-c4cccc5ccccc45)cc3)c3cccc(-c4ccc5c(c4)oc4ccccc45)c3-c3cc4ccccc4c4ccccc34)cc21. The van der Waals surface area contributed by atoms with Crippen LogP contribution in [-0.2, 0) is 5.41 Å². The fraction of sp³-hybridized carbons (Fsp3) is 0.0476. The zero-order chi connectivity index (χ0) is 43.2. The second kappa shape index (κ2) is 14.4. The smallest absolute Gasteiger partial charge is 0.136 e. The molecule has 2 heteroatoms. The molecule has 0 bridgehead atoms. The van der Waals surface area contributed by atoms with Crippen molar-refractivity contribution in [2.45, 2.75) is 19.3 Å². The summed E-state index contributed by atoms with van der Waals surface area (Å²) in [7, 11) is 0. The zero-order valence-electron chi connectivity index (χ0n) is 36.2. The summed E-state index contributed by atoms with van der Waals surface area (Å²) in [5, 5.41) is 9.63. The molecule has 65 heavy (non-hydrogen) atoms. The summed E-state index contributed by atoms with van der Waals surface area (Å²) in [6, 6.07) is 82.5. The third-order valence-electron chi connectivity index (χ3n) is 14.1. The number of para-hydroxylation sites is 1. The van der Waals surface area contributed by atoms with Gasteiger partial charge in [-0.25, -0.2) is 0 Å². The fourth-order valence-corrected chi connectivity index (χ4v) is 10.9. The molecule has 13 rings (SSSR count). The standard InChI is InChI=1S/C63H43NO/c1-63(2)57-26-11-9-22-52(57)53-36-34-45(39-58(53)63)64(44-32-29-41(30-33-44)47-24-13-17-40-15-3-5-18-46(40)47)59-27-14-25-49(43-31-35-55-54-23-10-12-28-60(54)65-61(55)38-43)62(59)56-37-42-16-4-6-19-48(42)50-20-7-8-21-51(50)56/h3-39H,1-2H3. The first-order chi connectivity index (χ1) is 32.0. The maximum Gasteiger partial charge on any atom is 0.136 e. The number of fused-ring (bicyclic) bond motifs is 10. The predicted molar refractivity (Wildman–Crippen MR) is 275 cm³/mol. The number of furan rings is 1. The van der Waals surface area contributed by atoms with Crippen LogP contribution in [0.1, 0.15) is 25.0 Å². The number of nitrogens with zero attached hydrogens (tertiary/aromatic N) is 1. The normalized spacial score (nSPS) is 12.9. The highest BCUT2D eigenvalue weighted by atomic mass is 16.3. The topological polar surface area (TPSA) is 16.4 Å². The van der Waals surface area contributed by atoms with E-state index in [1.165, 1.54) is 71.3 Å². The van der Waals surface area contributed by atoms with E-state index in [-0.39, 0.29) is 5.41 Å². The van der Waals surface area contributed by atoms with E-state index in [0.717, 1.165) is 55.7 Å². The first-order valence-electron chi connectivity index (χ1n) is 22.6. The van der Waals surface area contributed by atoms with E-state index >= 15 is 0 Å². The van der Waals surface area contributed by atoms with Gasteiger partial charge in [0.1, 0.15) is 11.2 Å². The van der Waals surface area contributed by atoms with Gasteiger partial charge in [0.25, 0.3) is 0 Å². The molecule has 0 saturated heterocycles. The molecule has 0 unspecified atom stereocenters. The average Bonchev–Trinajstić information content (AvgIpc) is 3.84. The number of benzene rings is 11. The van der Waals surface area contributed by atoms with E-state index in [2.05, 4.69) is 237 Å². The largest absolute Gasteiger partial charge is 0.456 e. The molecular weight excluding hydrogens is 787 g/mol. The highest BCUT2D eigenvalue weighted by Crippen LogP contribution is 2.53. The first-order valence-corrected chi connectivity index (χ1v) is 22.6. The van der Waals surface area contributed by atoms with Gasteiger partial charge in [-0.3, -0.25) is 0 Å². The van der Waals surface area contributed by atoms with Gasteiger partial charge in [-0.05, 0) is 137 Å². The van der Waals surface area contributed by atoms with Crippen molar-refractivity contribution >= 4 is 71.3 Å². The van der Waals surface area contributed by atoms with Gasteiger partial charge < -0.3 is 9.32 Å².